The Morgan fingerprint density at radius 2 is 2.03 bits per heavy atom. The maximum absolute atomic E-state index is 12.8. The Balaban J connectivity index is 2.07. The van der Waals surface area contributed by atoms with Crippen molar-refractivity contribution in [3.05, 3.63) is 69.4 Å². The third-order valence-electron chi connectivity index (χ3n) is 4.78. The van der Waals surface area contributed by atoms with E-state index in [0.29, 0.717) is 5.39 Å². The Morgan fingerprint density at radius 1 is 1.30 bits per heavy atom. The van der Waals surface area contributed by atoms with Crippen LogP contribution in [0.25, 0.3) is 11.0 Å². The highest BCUT2D eigenvalue weighted by molar-refractivity contribution is 5.86. The molecule has 10 nitrogen and oxygen atoms in total. The number of ether oxygens (including phenoxy) is 2. The van der Waals surface area contributed by atoms with Crippen LogP contribution in [0, 0.1) is 11.3 Å². The predicted molar refractivity (Wildman–Crippen MR) is 100 cm³/mol. The molecule has 0 saturated heterocycles. The third-order valence-corrected chi connectivity index (χ3v) is 4.78. The van der Waals surface area contributed by atoms with Gasteiger partial charge in [0.15, 0.2) is 5.75 Å². The van der Waals surface area contributed by atoms with Crippen molar-refractivity contribution in [3.63, 3.8) is 0 Å². The van der Waals surface area contributed by atoms with E-state index in [1.54, 1.807) is 24.3 Å². The lowest BCUT2D eigenvalue weighted by Crippen LogP contribution is -2.26. The molecule has 4 rings (SSSR count). The summed E-state index contributed by atoms with van der Waals surface area (Å²) in [7, 11) is 1.19. The molecule has 0 radical (unpaired) electrons. The van der Waals surface area contributed by atoms with E-state index < -0.39 is 17.3 Å². The number of allylic oxidation sites excluding steroid dienone is 1. The number of methoxy groups -OCH3 is 1. The number of benzene rings is 2. The van der Waals surface area contributed by atoms with E-state index >= 15 is 0 Å². The standard InChI is InChI=1S/C20H15N3O7/c1-28-18-12(23(26)27)6-9(7-13(18)24)15-11(8-21)19(22)30-17-10-4-2-3-5-14(10)29-20(25)16(15)17/h2-7,15,24,26-27H,22H2,1H3/p-1. The topological polar surface area (TPSA) is 165 Å². The molecule has 4 N–H and O–H groups in total. The molecular weight excluding hydrogens is 394 g/mol. The molecule has 0 saturated carbocycles. The van der Waals surface area contributed by atoms with Crippen LogP contribution < -0.4 is 31.2 Å². The highest BCUT2D eigenvalue weighted by Crippen LogP contribution is 2.46. The van der Waals surface area contributed by atoms with Crippen LogP contribution in [0.1, 0.15) is 17.0 Å². The van der Waals surface area contributed by atoms with Crippen molar-refractivity contribution in [2.45, 2.75) is 5.92 Å². The highest BCUT2D eigenvalue weighted by Gasteiger charge is 2.36. The van der Waals surface area contributed by atoms with Crippen LogP contribution in [-0.2, 0) is 0 Å². The van der Waals surface area contributed by atoms with Crippen LogP contribution in [-0.4, -0.2) is 17.5 Å². The van der Waals surface area contributed by atoms with Gasteiger partial charge in [0.1, 0.15) is 28.7 Å². The van der Waals surface area contributed by atoms with Crippen LogP contribution in [0.5, 0.6) is 17.2 Å². The molecule has 3 aromatic rings. The smallest absolute Gasteiger partial charge is 0.344 e. The molecule has 1 aliphatic rings. The van der Waals surface area contributed by atoms with E-state index in [9.17, 15) is 25.6 Å². The molecule has 0 bridgehead atoms. The monoisotopic (exact) mass is 408 g/mol. The van der Waals surface area contributed by atoms with Crippen molar-refractivity contribution in [3.8, 4) is 23.3 Å². The number of rotatable bonds is 3. The normalized spacial score (nSPS) is 15.3. The second kappa shape index (κ2) is 7.00. The molecule has 0 fully saturated rings. The number of hydrogen-bond acceptors (Lipinski definition) is 10. The minimum atomic E-state index is -1.14. The second-order valence-electron chi connectivity index (χ2n) is 6.41. The predicted octanol–water partition coefficient (Wildman–Crippen LogP) is 1.68. The summed E-state index contributed by atoms with van der Waals surface area (Å²) in [6, 6.07) is 10.8. The first-order valence-corrected chi connectivity index (χ1v) is 8.57. The van der Waals surface area contributed by atoms with Crippen molar-refractivity contribution in [2.24, 2.45) is 5.73 Å². The molecule has 0 spiro atoms. The minimum Gasteiger partial charge on any atom is -0.870 e. The van der Waals surface area contributed by atoms with Crippen molar-refractivity contribution < 1.29 is 29.4 Å². The van der Waals surface area contributed by atoms with E-state index in [1.165, 1.54) is 13.2 Å². The lowest BCUT2D eigenvalue weighted by molar-refractivity contribution is -0.270. The number of anilines is 1. The first-order chi connectivity index (χ1) is 14.4. The van der Waals surface area contributed by atoms with Gasteiger partial charge in [0.2, 0.25) is 5.88 Å². The van der Waals surface area contributed by atoms with Crippen LogP contribution in [0.2, 0.25) is 0 Å². The van der Waals surface area contributed by atoms with Gasteiger partial charge >= 0.3 is 5.63 Å². The lowest BCUT2D eigenvalue weighted by Gasteiger charge is -2.28. The van der Waals surface area contributed by atoms with Crippen LogP contribution in [0.15, 0.2) is 57.1 Å². The van der Waals surface area contributed by atoms with Gasteiger partial charge in [-0.05, 0) is 23.8 Å². The maximum Gasteiger partial charge on any atom is 0.344 e. The minimum absolute atomic E-state index is 0.0441. The lowest BCUT2D eigenvalue weighted by atomic mass is 9.83. The van der Waals surface area contributed by atoms with E-state index in [2.05, 4.69) is 0 Å². The van der Waals surface area contributed by atoms with Crippen molar-refractivity contribution in [1.82, 2.24) is 0 Å². The van der Waals surface area contributed by atoms with Gasteiger partial charge in [-0.25, -0.2) is 4.79 Å². The van der Waals surface area contributed by atoms with Gasteiger partial charge in [-0.3, -0.25) is 10.4 Å². The third kappa shape index (κ3) is 2.77. The molecule has 1 aliphatic heterocycles. The fourth-order valence-electron chi connectivity index (χ4n) is 3.53. The number of fused-ring (bicyclic) bond motifs is 3. The first kappa shape index (κ1) is 19.1. The highest BCUT2D eigenvalue weighted by atomic mass is 16.8. The molecule has 1 atom stereocenters. The van der Waals surface area contributed by atoms with Gasteiger partial charge < -0.3 is 24.7 Å². The summed E-state index contributed by atoms with van der Waals surface area (Å²) in [4.78, 5) is 12.8. The van der Waals surface area contributed by atoms with Gasteiger partial charge in [0.25, 0.3) is 0 Å². The van der Waals surface area contributed by atoms with E-state index in [1.807, 2.05) is 6.07 Å². The Labute approximate surface area is 168 Å². The fourth-order valence-corrected chi connectivity index (χ4v) is 3.53. The Kier molecular flexibility index (Phi) is 4.46. The summed E-state index contributed by atoms with van der Waals surface area (Å²) in [6.07, 6.45) is 0. The van der Waals surface area contributed by atoms with Gasteiger partial charge in [-0.15, -0.1) is 5.23 Å². The fraction of sp³-hybridized carbons (Fsp3) is 0.100. The quantitative estimate of drug-likeness (QED) is 0.429. The van der Waals surface area contributed by atoms with Crippen molar-refractivity contribution in [1.29, 1.82) is 5.26 Å². The average Bonchev–Trinajstić information content (AvgIpc) is 2.72. The Morgan fingerprint density at radius 3 is 2.70 bits per heavy atom. The van der Waals surface area contributed by atoms with E-state index in [0.717, 1.165) is 6.07 Å². The zero-order valence-corrected chi connectivity index (χ0v) is 15.4. The summed E-state index contributed by atoms with van der Waals surface area (Å²) < 4.78 is 15.9. The Hall–Kier alpha value is -4.20. The van der Waals surface area contributed by atoms with Crippen LogP contribution in [0.4, 0.5) is 5.69 Å². The van der Waals surface area contributed by atoms with Crippen molar-refractivity contribution in [2.75, 3.05) is 12.3 Å². The molecule has 0 amide bonds. The molecular formula is C20H14N3O7-. The molecule has 1 aromatic heterocycles. The zero-order chi connectivity index (χ0) is 21.6. The largest absolute Gasteiger partial charge is 0.870 e. The summed E-state index contributed by atoms with van der Waals surface area (Å²) >= 11 is 0. The van der Waals surface area contributed by atoms with Gasteiger partial charge in [0.05, 0.1) is 24.0 Å². The molecule has 2 aromatic carbocycles. The van der Waals surface area contributed by atoms with Gasteiger partial charge in [0, 0.05) is 0 Å². The van der Waals surface area contributed by atoms with Gasteiger partial charge in [-0.1, -0.05) is 23.9 Å². The second-order valence-corrected chi connectivity index (χ2v) is 6.41. The summed E-state index contributed by atoms with van der Waals surface area (Å²) in [5, 5.41) is 41.3. The van der Waals surface area contributed by atoms with E-state index in [4.69, 9.17) is 19.6 Å². The zero-order valence-electron chi connectivity index (χ0n) is 15.4. The SMILES string of the molecule is COc1c([O-])cc(C2C(C#N)=C(N)Oc3c2c(=O)oc2ccccc32)cc1N(O)O. The maximum atomic E-state index is 12.8. The summed E-state index contributed by atoms with van der Waals surface area (Å²) in [5.41, 5.74) is 4.95. The van der Waals surface area contributed by atoms with E-state index in [-0.39, 0.29) is 50.6 Å². The summed E-state index contributed by atoms with van der Waals surface area (Å²) in [6.45, 7) is 0. The molecule has 30 heavy (non-hydrogen) atoms. The molecule has 152 valence electrons. The van der Waals surface area contributed by atoms with Crippen LogP contribution >= 0.6 is 0 Å². The Bertz CT molecular complexity index is 1300. The molecule has 0 aliphatic carbocycles. The molecule has 1 unspecified atom stereocenters. The van der Waals surface area contributed by atoms with Gasteiger partial charge in [-0.2, -0.15) is 5.26 Å². The number of nitrogens with two attached hydrogens (primary N) is 1. The summed E-state index contributed by atoms with van der Waals surface area (Å²) in [5.74, 6) is -2.33. The average molecular weight is 408 g/mol. The van der Waals surface area contributed by atoms with Crippen molar-refractivity contribution >= 4 is 16.7 Å². The first-order valence-electron chi connectivity index (χ1n) is 8.57. The number of para-hydroxylation sites is 1. The van der Waals surface area contributed by atoms with Crippen LogP contribution in [0.3, 0.4) is 0 Å². The number of hydrogen-bond donors (Lipinski definition) is 3. The number of nitrogens with zero attached hydrogens (tertiary/aromatic N) is 2. The number of nitriles is 1. The molecule has 10 heteroatoms. The molecule has 2 heterocycles.